The molecule has 0 saturated heterocycles. The highest BCUT2D eigenvalue weighted by molar-refractivity contribution is 6.01. The van der Waals surface area contributed by atoms with Crippen molar-refractivity contribution < 1.29 is 14.0 Å². The molecule has 3 amide bonds. The van der Waals surface area contributed by atoms with Gasteiger partial charge in [-0.15, -0.1) is 0 Å². The number of aryl methyl sites for hydroxylation is 1. The van der Waals surface area contributed by atoms with Crippen molar-refractivity contribution in [1.29, 1.82) is 0 Å². The molecule has 0 aromatic heterocycles. The molecular weight excluding hydrogens is 405 g/mol. The van der Waals surface area contributed by atoms with E-state index in [1.807, 2.05) is 31.2 Å². The standard InChI is InChI=1S/C26H36FN3O2/c1-3-4-5-6-7-8-10-25(31)28-19-9-20-30(24-17-13-22(27)14-18-24)26(32)29-23-15-11-21(2)12-16-23/h11-18H,3-10,19-20H2,1-2H3,(H,28,31)(H,29,32). The average Bonchev–Trinajstić information content (AvgIpc) is 2.78. The molecule has 0 saturated carbocycles. The van der Waals surface area contributed by atoms with Crippen LogP contribution in [-0.2, 0) is 4.79 Å². The highest BCUT2D eigenvalue weighted by Crippen LogP contribution is 2.18. The number of hydrogen-bond acceptors (Lipinski definition) is 2. The predicted octanol–water partition coefficient (Wildman–Crippen LogP) is 6.43. The van der Waals surface area contributed by atoms with Crippen LogP contribution in [0.15, 0.2) is 48.5 Å². The van der Waals surface area contributed by atoms with Crippen molar-refractivity contribution in [3.63, 3.8) is 0 Å². The molecule has 0 fully saturated rings. The third kappa shape index (κ3) is 9.50. The Kier molecular flexibility index (Phi) is 11.3. The van der Waals surface area contributed by atoms with E-state index in [0.29, 0.717) is 37.3 Å². The van der Waals surface area contributed by atoms with Crippen molar-refractivity contribution >= 4 is 23.3 Å². The monoisotopic (exact) mass is 441 g/mol. The first kappa shape index (κ1) is 25.4. The molecule has 2 N–H and O–H groups in total. The molecule has 0 bridgehead atoms. The predicted molar refractivity (Wildman–Crippen MR) is 130 cm³/mol. The molecule has 0 aliphatic heterocycles. The quantitative estimate of drug-likeness (QED) is 0.352. The van der Waals surface area contributed by atoms with E-state index in [9.17, 15) is 14.0 Å². The Balaban J connectivity index is 1.82. The van der Waals surface area contributed by atoms with E-state index in [2.05, 4.69) is 17.6 Å². The van der Waals surface area contributed by atoms with E-state index in [1.54, 1.807) is 17.0 Å². The zero-order chi connectivity index (χ0) is 23.2. The van der Waals surface area contributed by atoms with Crippen LogP contribution in [0.1, 0.15) is 63.9 Å². The fourth-order valence-electron chi connectivity index (χ4n) is 3.42. The summed E-state index contributed by atoms with van der Waals surface area (Å²) in [5, 5.41) is 5.82. The summed E-state index contributed by atoms with van der Waals surface area (Å²) in [6.07, 6.45) is 8.04. The lowest BCUT2D eigenvalue weighted by atomic mass is 10.1. The summed E-state index contributed by atoms with van der Waals surface area (Å²) in [5.74, 6) is -0.299. The molecule has 2 aromatic carbocycles. The molecule has 2 rings (SSSR count). The van der Waals surface area contributed by atoms with Crippen LogP contribution in [0.2, 0.25) is 0 Å². The third-order valence-corrected chi connectivity index (χ3v) is 5.32. The normalized spacial score (nSPS) is 10.6. The van der Waals surface area contributed by atoms with Gasteiger partial charge in [0.2, 0.25) is 5.91 Å². The zero-order valence-corrected chi connectivity index (χ0v) is 19.3. The number of carbonyl (C=O) groups excluding carboxylic acids is 2. The lowest BCUT2D eigenvalue weighted by molar-refractivity contribution is -0.121. The Labute approximate surface area is 191 Å². The van der Waals surface area contributed by atoms with Gasteiger partial charge in [0.1, 0.15) is 5.82 Å². The van der Waals surface area contributed by atoms with Crippen LogP contribution < -0.4 is 15.5 Å². The number of carbonyl (C=O) groups is 2. The van der Waals surface area contributed by atoms with Crippen molar-refractivity contribution in [2.24, 2.45) is 0 Å². The van der Waals surface area contributed by atoms with Gasteiger partial charge in [-0.05, 0) is 56.2 Å². The summed E-state index contributed by atoms with van der Waals surface area (Å²) in [6, 6.07) is 13.1. The van der Waals surface area contributed by atoms with E-state index in [4.69, 9.17) is 0 Å². The number of benzene rings is 2. The van der Waals surface area contributed by atoms with Gasteiger partial charge in [0.25, 0.3) is 0 Å². The number of amides is 3. The molecule has 6 heteroatoms. The molecule has 0 unspecified atom stereocenters. The van der Waals surface area contributed by atoms with Gasteiger partial charge in [0.15, 0.2) is 0 Å². The average molecular weight is 442 g/mol. The number of rotatable bonds is 13. The minimum Gasteiger partial charge on any atom is -0.356 e. The van der Waals surface area contributed by atoms with Gasteiger partial charge >= 0.3 is 6.03 Å². The maximum absolute atomic E-state index is 13.4. The number of nitrogens with zero attached hydrogens (tertiary/aromatic N) is 1. The highest BCUT2D eigenvalue weighted by Gasteiger charge is 2.16. The van der Waals surface area contributed by atoms with Gasteiger partial charge in [0, 0.05) is 30.9 Å². The second-order valence-electron chi connectivity index (χ2n) is 8.15. The fraction of sp³-hybridized carbons (Fsp3) is 0.462. The third-order valence-electron chi connectivity index (χ3n) is 5.32. The second-order valence-corrected chi connectivity index (χ2v) is 8.15. The van der Waals surface area contributed by atoms with Crippen molar-refractivity contribution in [1.82, 2.24) is 5.32 Å². The van der Waals surface area contributed by atoms with Crippen LogP contribution in [-0.4, -0.2) is 25.0 Å². The molecule has 0 aliphatic carbocycles. The van der Waals surface area contributed by atoms with Crippen LogP contribution in [0.3, 0.4) is 0 Å². The molecule has 2 aromatic rings. The molecule has 32 heavy (non-hydrogen) atoms. The molecule has 5 nitrogen and oxygen atoms in total. The first-order valence-corrected chi connectivity index (χ1v) is 11.7. The van der Waals surface area contributed by atoms with Gasteiger partial charge in [-0.3, -0.25) is 9.69 Å². The maximum Gasteiger partial charge on any atom is 0.326 e. The van der Waals surface area contributed by atoms with E-state index in [-0.39, 0.29) is 17.8 Å². The summed E-state index contributed by atoms with van der Waals surface area (Å²) in [4.78, 5) is 26.5. The summed E-state index contributed by atoms with van der Waals surface area (Å²) in [6.45, 7) is 5.07. The zero-order valence-electron chi connectivity index (χ0n) is 19.3. The number of hydrogen-bond donors (Lipinski definition) is 2. The van der Waals surface area contributed by atoms with Crippen molar-refractivity contribution in [2.75, 3.05) is 23.3 Å². The number of nitrogens with one attached hydrogen (secondary N) is 2. The van der Waals surface area contributed by atoms with Crippen LogP contribution in [0.4, 0.5) is 20.6 Å². The van der Waals surface area contributed by atoms with Crippen LogP contribution in [0.25, 0.3) is 0 Å². The van der Waals surface area contributed by atoms with Gasteiger partial charge in [-0.1, -0.05) is 56.7 Å². The SMILES string of the molecule is CCCCCCCCC(=O)NCCCN(C(=O)Nc1ccc(C)cc1)c1ccc(F)cc1. The van der Waals surface area contributed by atoms with E-state index < -0.39 is 0 Å². The van der Waals surface area contributed by atoms with E-state index in [0.717, 1.165) is 18.4 Å². The van der Waals surface area contributed by atoms with Crippen LogP contribution >= 0.6 is 0 Å². The Bertz CT molecular complexity index is 822. The second kappa shape index (κ2) is 14.2. The summed E-state index contributed by atoms with van der Waals surface area (Å²) in [7, 11) is 0. The van der Waals surface area contributed by atoms with E-state index >= 15 is 0 Å². The molecule has 0 heterocycles. The van der Waals surface area contributed by atoms with Crippen molar-refractivity contribution in [3.8, 4) is 0 Å². The maximum atomic E-state index is 13.4. The van der Waals surface area contributed by atoms with Gasteiger partial charge in [-0.25, -0.2) is 9.18 Å². The summed E-state index contributed by atoms with van der Waals surface area (Å²) < 4.78 is 13.4. The summed E-state index contributed by atoms with van der Waals surface area (Å²) >= 11 is 0. The molecule has 0 aliphatic rings. The molecule has 0 spiro atoms. The number of unbranched alkanes of at least 4 members (excludes halogenated alkanes) is 5. The van der Waals surface area contributed by atoms with Crippen molar-refractivity contribution in [2.45, 2.75) is 65.2 Å². The largest absolute Gasteiger partial charge is 0.356 e. The molecule has 0 radical (unpaired) electrons. The molecule has 0 atom stereocenters. The highest BCUT2D eigenvalue weighted by atomic mass is 19.1. The Morgan fingerprint density at radius 2 is 1.53 bits per heavy atom. The van der Waals surface area contributed by atoms with Crippen molar-refractivity contribution in [3.05, 3.63) is 59.9 Å². The Hall–Kier alpha value is -2.89. The van der Waals surface area contributed by atoms with Gasteiger partial charge < -0.3 is 10.6 Å². The summed E-state index contributed by atoms with van der Waals surface area (Å²) in [5.41, 5.74) is 2.41. The number of anilines is 2. The lowest BCUT2D eigenvalue weighted by Gasteiger charge is -2.23. The Morgan fingerprint density at radius 1 is 0.875 bits per heavy atom. The first-order chi connectivity index (χ1) is 15.5. The van der Waals surface area contributed by atoms with Gasteiger partial charge in [0.05, 0.1) is 0 Å². The number of urea groups is 1. The van der Waals surface area contributed by atoms with Gasteiger partial charge in [-0.2, -0.15) is 0 Å². The molecule has 174 valence electrons. The molecular formula is C26H36FN3O2. The first-order valence-electron chi connectivity index (χ1n) is 11.7. The number of halogens is 1. The smallest absolute Gasteiger partial charge is 0.326 e. The Morgan fingerprint density at radius 3 is 2.22 bits per heavy atom. The van der Waals surface area contributed by atoms with Crippen LogP contribution in [0, 0.1) is 12.7 Å². The lowest BCUT2D eigenvalue weighted by Crippen LogP contribution is -2.37. The topological polar surface area (TPSA) is 61.4 Å². The fourth-order valence-corrected chi connectivity index (χ4v) is 3.42. The van der Waals surface area contributed by atoms with E-state index in [1.165, 1.54) is 37.8 Å². The minimum absolute atomic E-state index is 0.0536. The van der Waals surface area contributed by atoms with Crippen LogP contribution in [0.5, 0.6) is 0 Å². The minimum atomic E-state index is -0.352.